The molecule has 108 valence electrons. The zero-order chi connectivity index (χ0) is 15.2. The number of aryl methyl sites for hydroxylation is 1. The van der Waals surface area contributed by atoms with Gasteiger partial charge in [-0.2, -0.15) is 0 Å². The van der Waals surface area contributed by atoms with E-state index in [1.807, 2.05) is 39.0 Å². The molecular formula is C16H22N2OS. The van der Waals surface area contributed by atoms with Gasteiger partial charge in [0.05, 0.1) is 5.75 Å². The molecule has 4 heteroatoms. The maximum absolute atomic E-state index is 12.0. The van der Waals surface area contributed by atoms with E-state index in [0.717, 1.165) is 23.3 Å². The zero-order valence-corrected chi connectivity index (χ0v) is 13.1. The van der Waals surface area contributed by atoms with Crippen molar-refractivity contribution in [3.63, 3.8) is 0 Å². The highest BCUT2D eigenvalue weighted by molar-refractivity contribution is 8.00. The first-order valence-corrected chi connectivity index (χ1v) is 7.72. The van der Waals surface area contributed by atoms with Crippen molar-refractivity contribution in [2.45, 2.75) is 44.0 Å². The van der Waals surface area contributed by atoms with Gasteiger partial charge in [0.25, 0.3) is 0 Å². The minimum absolute atomic E-state index is 0.0587. The summed E-state index contributed by atoms with van der Waals surface area (Å²) in [7, 11) is 0. The van der Waals surface area contributed by atoms with E-state index < -0.39 is 5.54 Å². The number of thioether (sulfide) groups is 1. The topological polar surface area (TPSA) is 55.1 Å². The Balaban J connectivity index is 2.62. The van der Waals surface area contributed by atoms with Crippen LogP contribution >= 0.6 is 11.8 Å². The van der Waals surface area contributed by atoms with E-state index in [-0.39, 0.29) is 5.91 Å². The van der Waals surface area contributed by atoms with Crippen LogP contribution in [0.1, 0.15) is 32.3 Å². The Labute approximate surface area is 125 Å². The van der Waals surface area contributed by atoms with Crippen molar-refractivity contribution < 1.29 is 4.79 Å². The number of nitrogens with one attached hydrogen (secondary N) is 1. The number of nitrogen functional groups attached to an aromatic ring is 1. The second-order valence-corrected chi connectivity index (χ2v) is 5.83. The fourth-order valence-corrected chi connectivity index (χ4v) is 2.66. The molecule has 3 nitrogen and oxygen atoms in total. The molecule has 0 bridgehead atoms. The molecule has 20 heavy (non-hydrogen) atoms. The molecule has 0 aliphatic carbocycles. The lowest BCUT2D eigenvalue weighted by molar-refractivity contribution is -0.119. The summed E-state index contributed by atoms with van der Waals surface area (Å²) < 4.78 is 0. The van der Waals surface area contributed by atoms with Gasteiger partial charge in [0, 0.05) is 10.6 Å². The number of nitrogens with two attached hydrogens (primary N) is 1. The average molecular weight is 290 g/mol. The van der Waals surface area contributed by atoms with Gasteiger partial charge in [-0.1, -0.05) is 25.8 Å². The van der Waals surface area contributed by atoms with Crippen LogP contribution in [0, 0.1) is 19.3 Å². The molecule has 3 N–H and O–H groups in total. The van der Waals surface area contributed by atoms with Crippen LogP contribution in [-0.2, 0) is 4.79 Å². The zero-order valence-electron chi connectivity index (χ0n) is 12.3. The standard InChI is InChI=1S/C16H22N2OS/c1-5-16(6-2,7-3)18-15(19)11-20-14-9-8-12(4)10-13(14)17/h1,8-10H,6-7,11,17H2,2-4H3,(H,18,19). The van der Waals surface area contributed by atoms with Gasteiger partial charge in [-0.05, 0) is 37.5 Å². The monoisotopic (exact) mass is 290 g/mol. The van der Waals surface area contributed by atoms with Gasteiger partial charge in [0.15, 0.2) is 0 Å². The van der Waals surface area contributed by atoms with Gasteiger partial charge in [0.1, 0.15) is 5.54 Å². The van der Waals surface area contributed by atoms with Gasteiger partial charge in [-0.3, -0.25) is 4.79 Å². The minimum Gasteiger partial charge on any atom is -0.398 e. The SMILES string of the molecule is C#CC(CC)(CC)NC(=O)CSc1ccc(C)cc1N. The van der Waals surface area contributed by atoms with Gasteiger partial charge >= 0.3 is 0 Å². The van der Waals surface area contributed by atoms with E-state index in [2.05, 4.69) is 11.2 Å². The van der Waals surface area contributed by atoms with Crippen LogP contribution < -0.4 is 11.1 Å². The molecule has 1 rings (SSSR count). The molecule has 0 saturated carbocycles. The smallest absolute Gasteiger partial charge is 0.231 e. The Morgan fingerprint density at radius 3 is 2.60 bits per heavy atom. The van der Waals surface area contributed by atoms with E-state index in [0.29, 0.717) is 11.4 Å². The largest absolute Gasteiger partial charge is 0.398 e. The highest BCUT2D eigenvalue weighted by atomic mass is 32.2. The highest BCUT2D eigenvalue weighted by Gasteiger charge is 2.25. The van der Waals surface area contributed by atoms with Crippen LogP contribution in [0.3, 0.4) is 0 Å². The number of anilines is 1. The van der Waals surface area contributed by atoms with Crippen LogP contribution in [0.15, 0.2) is 23.1 Å². The molecule has 0 radical (unpaired) electrons. The number of hydrogen-bond acceptors (Lipinski definition) is 3. The maximum atomic E-state index is 12.0. The van der Waals surface area contributed by atoms with Crippen LogP contribution in [0.25, 0.3) is 0 Å². The first-order valence-electron chi connectivity index (χ1n) is 6.74. The first kappa shape index (κ1) is 16.5. The summed E-state index contributed by atoms with van der Waals surface area (Å²) >= 11 is 1.43. The van der Waals surface area contributed by atoms with Gasteiger partial charge < -0.3 is 11.1 Å². The first-order chi connectivity index (χ1) is 9.46. The lowest BCUT2D eigenvalue weighted by Gasteiger charge is -2.27. The quantitative estimate of drug-likeness (QED) is 0.481. The molecule has 0 saturated heterocycles. The molecule has 1 amide bonds. The number of benzene rings is 1. The van der Waals surface area contributed by atoms with Crippen molar-refractivity contribution in [3.05, 3.63) is 23.8 Å². The Bertz CT molecular complexity index is 516. The molecule has 0 heterocycles. The molecular weight excluding hydrogens is 268 g/mol. The molecule has 1 aromatic carbocycles. The van der Waals surface area contributed by atoms with Crippen molar-refractivity contribution in [1.29, 1.82) is 0 Å². The molecule has 1 aromatic rings. The van der Waals surface area contributed by atoms with Gasteiger partial charge in [-0.15, -0.1) is 18.2 Å². The van der Waals surface area contributed by atoms with E-state index in [1.54, 1.807) is 0 Å². The fraction of sp³-hybridized carbons (Fsp3) is 0.438. The van der Waals surface area contributed by atoms with Crippen LogP contribution in [-0.4, -0.2) is 17.2 Å². The molecule has 0 aliphatic heterocycles. The molecule has 0 spiro atoms. The van der Waals surface area contributed by atoms with E-state index in [4.69, 9.17) is 12.2 Å². The van der Waals surface area contributed by atoms with Crippen LogP contribution in [0.2, 0.25) is 0 Å². The molecule has 0 atom stereocenters. The van der Waals surface area contributed by atoms with E-state index >= 15 is 0 Å². The Hall–Kier alpha value is -1.60. The normalized spacial score (nSPS) is 10.9. The number of terminal acetylenes is 1. The number of carbonyl (C=O) groups excluding carboxylic acids is 1. The average Bonchev–Trinajstić information content (AvgIpc) is 2.44. The summed E-state index contributed by atoms with van der Waals surface area (Å²) in [6.45, 7) is 5.95. The third-order valence-electron chi connectivity index (χ3n) is 3.39. The van der Waals surface area contributed by atoms with Crippen molar-refractivity contribution in [3.8, 4) is 12.3 Å². The van der Waals surface area contributed by atoms with E-state index in [9.17, 15) is 4.79 Å². The third kappa shape index (κ3) is 4.21. The summed E-state index contributed by atoms with van der Waals surface area (Å²) in [5.74, 6) is 2.95. The van der Waals surface area contributed by atoms with Gasteiger partial charge in [0.2, 0.25) is 5.91 Å². The number of amides is 1. The third-order valence-corrected chi connectivity index (χ3v) is 4.48. The Morgan fingerprint density at radius 1 is 1.45 bits per heavy atom. The van der Waals surface area contributed by atoms with Crippen LogP contribution in [0.4, 0.5) is 5.69 Å². The summed E-state index contributed by atoms with van der Waals surface area (Å²) in [5, 5.41) is 2.94. The predicted molar refractivity (Wildman–Crippen MR) is 86.6 cm³/mol. The maximum Gasteiger partial charge on any atom is 0.231 e. The number of hydrogen-bond donors (Lipinski definition) is 2. The number of carbonyl (C=O) groups is 1. The van der Waals surface area contributed by atoms with E-state index in [1.165, 1.54) is 11.8 Å². The minimum atomic E-state index is -0.531. The molecule has 0 unspecified atom stereocenters. The van der Waals surface area contributed by atoms with Crippen molar-refractivity contribution in [2.24, 2.45) is 0 Å². The Kier molecular flexibility index (Phi) is 5.97. The predicted octanol–water partition coefficient (Wildman–Crippen LogP) is 2.98. The second kappa shape index (κ2) is 7.25. The lowest BCUT2D eigenvalue weighted by Crippen LogP contribution is -2.47. The summed E-state index contributed by atoms with van der Waals surface area (Å²) in [4.78, 5) is 12.9. The molecule has 0 fully saturated rings. The van der Waals surface area contributed by atoms with Crippen molar-refractivity contribution >= 4 is 23.4 Å². The lowest BCUT2D eigenvalue weighted by atomic mass is 9.94. The van der Waals surface area contributed by atoms with Crippen LogP contribution in [0.5, 0.6) is 0 Å². The molecule has 0 aromatic heterocycles. The second-order valence-electron chi connectivity index (χ2n) is 4.81. The summed E-state index contributed by atoms with van der Waals surface area (Å²) in [5.41, 5.74) is 7.21. The Morgan fingerprint density at radius 2 is 2.10 bits per heavy atom. The highest BCUT2D eigenvalue weighted by Crippen LogP contribution is 2.26. The molecule has 0 aliphatic rings. The summed E-state index contributed by atoms with van der Waals surface area (Å²) in [6.07, 6.45) is 6.98. The van der Waals surface area contributed by atoms with Crippen molar-refractivity contribution in [2.75, 3.05) is 11.5 Å². The number of rotatable bonds is 6. The fourth-order valence-electron chi connectivity index (χ4n) is 1.91. The van der Waals surface area contributed by atoms with Crippen molar-refractivity contribution in [1.82, 2.24) is 5.32 Å². The summed E-state index contributed by atoms with van der Waals surface area (Å²) in [6, 6.07) is 5.83. The van der Waals surface area contributed by atoms with Gasteiger partial charge in [-0.25, -0.2) is 0 Å².